The second kappa shape index (κ2) is 5.49. The molecular weight excluding hydrogens is 362 g/mol. The molecule has 0 aliphatic heterocycles. The minimum Gasteiger partial charge on any atom is -0.398 e. The summed E-state index contributed by atoms with van der Waals surface area (Å²) in [6, 6.07) is 8.56. The molecule has 0 spiro atoms. The van der Waals surface area contributed by atoms with E-state index in [4.69, 9.17) is 5.73 Å². The molecular formula is C12H9Br2N3O. The third-order valence-electron chi connectivity index (χ3n) is 2.27. The molecule has 0 atom stereocenters. The molecule has 0 bridgehead atoms. The van der Waals surface area contributed by atoms with Crippen LogP contribution in [0.1, 0.15) is 10.4 Å². The molecule has 92 valence electrons. The smallest absolute Gasteiger partial charge is 0.255 e. The topological polar surface area (TPSA) is 68.0 Å². The van der Waals surface area contributed by atoms with Crippen molar-refractivity contribution in [2.45, 2.75) is 0 Å². The number of halogens is 2. The molecule has 18 heavy (non-hydrogen) atoms. The largest absolute Gasteiger partial charge is 0.398 e. The first-order valence-electron chi connectivity index (χ1n) is 5.05. The van der Waals surface area contributed by atoms with Gasteiger partial charge in [0.15, 0.2) is 0 Å². The number of pyridine rings is 1. The SMILES string of the molecule is Nc1cc(C(=O)Nc2cccnc2Br)ccc1Br. The first-order valence-corrected chi connectivity index (χ1v) is 6.63. The highest BCUT2D eigenvalue weighted by Gasteiger charge is 2.09. The molecule has 0 saturated carbocycles. The Kier molecular flexibility index (Phi) is 3.98. The van der Waals surface area contributed by atoms with Crippen LogP contribution < -0.4 is 11.1 Å². The standard InChI is InChI=1S/C12H9Br2N3O/c13-8-4-3-7(6-9(8)15)12(18)17-10-2-1-5-16-11(10)14/h1-6H,15H2,(H,17,18). The van der Waals surface area contributed by atoms with Crippen molar-refractivity contribution in [2.75, 3.05) is 11.1 Å². The number of benzene rings is 1. The first-order chi connectivity index (χ1) is 8.58. The number of aromatic nitrogens is 1. The van der Waals surface area contributed by atoms with Gasteiger partial charge in [-0.05, 0) is 62.2 Å². The lowest BCUT2D eigenvalue weighted by molar-refractivity contribution is 0.102. The maximum absolute atomic E-state index is 12.0. The number of hydrogen-bond acceptors (Lipinski definition) is 3. The molecule has 0 radical (unpaired) electrons. The fourth-order valence-electron chi connectivity index (χ4n) is 1.36. The van der Waals surface area contributed by atoms with E-state index in [1.54, 1.807) is 36.5 Å². The molecule has 2 aromatic rings. The van der Waals surface area contributed by atoms with E-state index in [-0.39, 0.29) is 5.91 Å². The van der Waals surface area contributed by atoms with Crippen LogP contribution in [0.25, 0.3) is 0 Å². The maximum Gasteiger partial charge on any atom is 0.255 e. The second-order valence-corrected chi connectivity index (χ2v) is 5.14. The van der Waals surface area contributed by atoms with Gasteiger partial charge in [-0.25, -0.2) is 4.98 Å². The number of rotatable bonds is 2. The number of carbonyl (C=O) groups is 1. The van der Waals surface area contributed by atoms with Crippen molar-refractivity contribution in [1.82, 2.24) is 4.98 Å². The number of nitrogens with zero attached hydrogens (tertiary/aromatic N) is 1. The summed E-state index contributed by atoms with van der Waals surface area (Å²) in [5, 5.41) is 2.75. The summed E-state index contributed by atoms with van der Waals surface area (Å²) in [5.74, 6) is -0.233. The molecule has 0 aliphatic carbocycles. The summed E-state index contributed by atoms with van der Waals surface area (Å²) in [7, 11) is 0. The second-order valence-electron chi connectivity index (χ2n) is 3.53. The van der Waals surface area contributed by atoms with E-state index in [9.17, 15) is 4.79 Å². The van der Waals surface area contributed by atoms with Crippen molar-refractivity contribution in [2.24, 2.45) is 0 Å². The van der Waals surface area contributed by atoms with E-state index >= 15 is 0 Å². The molecule has 1 aromatic carbocycles. The van der Waals surface area contributed by atoms with Crippen LogP contribution in [-0.2, 0) is 0 Å². The Hall–Kier alpha value is -1.40. The number of nitrogen functional groups attached to an aromatic ring is 1. The highest BCUT2D eigenvalue weighted by molar-refractivity contribution is 9.10. The summed E-state index contributed by atoms with van der Waals surface area (Å²) in [5.41, 5.74) is 7.36. The third kappa shape index (κ3) is 2.88. The number of carbonyl (C=O) groups excluding carboxylic acids is 1. The molecule has 1 amide bonds. The van der Waals surface area contributed by atoms with Gasteiger partial charge in [0.05, 0.1) is 5.69 Å². The quantitative estimate of drug-likeness (QED) is 0.628. The number of nitrogens with two attached hydrogens (primary N) is 1. The molecule has 0 saturated heterocycles. The van der Waals surface area contributed by atoms with Crippen LogP contribution in [0.15, 0.2) is 45.6 Å². The summed E-state index contributed by atoms with van der Waals surface area (Å²) >= 11 is 6.55. The van der Waals surface area contributed by atoms with Crippen molar-refractivity contribution >= 4 is 49.1 Å². The van der Waals surface area contributed by atoms with Gasteiger partial charge in [-0.1, -0.05) is 0 Å². The maximum atomic E-state index is 12.0. The van der Waals surface area contributed by atoms with Gasteiger partial charge in [0.1, 0.15) is 4.60 Å². The van der Waals surface area contributed by atoms with Gasteiger partial charge in [0.25, 0.3) is 5.91 Å². The van der Waals surface area contributed by atoms with E-state index in [0.29, 0.717) is 21.5 Å². The van der Waals surface area contributed by atoms with Crippen LogP contribution >= 0.6 is 31.9 Å². The zero-order valence-electron chi connectivity index (χ0n) is 9.15. The molecule has 1 heterocycles. The summed E-state index contributed by atoms with van der Waals surface area (Å²) in [6.07, 6.45) is 1.64. The Balaban J connectivity index is 2.22. The lowest BCUT2D eigenvalue weighted by Crippen LogP contribution is -2.12. The Bertz CT molecular complexity index is 602. The number of anilines is 2. The third-order valence-corrected chi connectivity index (χ3v) is 3.62. The van der Waals surface area contributed by atoms with E-state index in [1.165, 1.54) is 0 Å². The van der Waals surface area contributed by atoms with Crippen molar-refractivity contribution in [3.8, 4) is 0 Å². The zero-order valence-corrected chi connectivity index (χ0v) is 12.3. The van der Waals surface area contributed by atoms with Crippen molar-refractivity contribution < 1.29 is 4.79 Å². The molecule has 1 aromatic heterocycles. The fourth-order valence-corrected chi connectivity index (χ4v) is 1.95. The Morgan fingerprint density at radius 2 is 2.06 bits per heavy atom. The zero-order chi connectivity index (χ0) is 13.1. The van der Waals surface area contributed by atoms with Gasteiger partial charge in [-0.15, -0.1) is 0 Å². The van der Waals surface area contributed by atoms with E-state index < -0.39 is 0 Å². The number of nitrogens with one attached hydrogen (secondary N) is 1. The molecule has 3 N–H and O–H groups in total. The number of amides is 1. The van der Waals surface area contributed by atoms with Crippen LogP contribution in [0.2, 0.25) is 0 Å². The average Bonchev–Trinajstić information content (AvgIpc) is 2.35. The minimum atomic E-state index is -0.233. The Morgan fingerprint density at radius 3 is 2.72 bits per heavy atom. The highest BCUT2D eigenvalue weighted by atomic mass is 79.9. The average molecular weight is 371 g/mol. The molecule has 4 nitrogen and oxygen atoms in total. The van der Waals surface area contributed by atoms with Crippen molar-refractivity contribution in [3.63, 3.8) is 0 Å². The predicted octanol–water partition coefficient (Wildman–Crippen LogP) is 3.44. The van der Waals surface area contributed by atoms with E-state index in [0.717, 1.165) is 4.47 Å². The summed E-state index contributed by atoms with van der Waals surface area (Å²) in [6.45, 7) is 0. The molecule has 0 aliphatic rings. The monoisotopic (exact) mass is 369 g/mol. The molecule has 6 heteroatoms. The lowest BCUT2D eigenvalue weighted by Gasteiger charge is -2.07. The van der Waals surface area contributed by atoms with Gasteiger partial charge in [0.2, 0.25) is 0 Å². The van der Waals surface area contributed by atoms with Gasteiger partial charge in [-0.2, -0.15) is 0 Å². The van der Waals surface area contributed by atoms with Crippen LogP contribution in [0.4, 0.5) is 11.4 Å². The molecule has 0 unspecified atom stereocenters. The Labute approximate surface area is 121 Å². The lowest BCUT2D eigenvalue weighted by atomic mass is 10.2. The van der Waals surface area contributed by atoms with Crippen molar-refractivity contribution in [3.05, 3.63) is 51.2 Å². The van der Waals surface area contributed by atoms with Crippen LogP contribution in [0, 0.1) is 0 Å². The Morgan fingerprint density at radius 1 is 1.28 bits per heavy atom. The minimum absolute atomic E-state index is 0.233. The molecule has 0 fully saturated rings. The van der Waals surface area contributed by atoms with E-state index in [2.05, 4.69) is 42.2 Å². The first kappa shape index (κ1) is 13.0. The summed E-state index contributed by atoms with van der Waals surface area (Å²) in [4.78, 5) is 16.0. The predicted molar refractivity (Wildman–Crippen MR) is 78.4 cm³/mol. The van der Waals surface area contributed by atoms with Crippen molar-refractivity contribution in [1.29, 1.82) is 0 Å². The van der Waals surface area contributed by atoms with E-state index in [1.807, 2.05) is 0 Å². The molecule has 2 rings (SSSR count). The number of hydrogen-bond donors (Lipinski definition) is 2. The highest BCUT2D eigenvalue weighted by Crippen LogP contribution is 2.22. The van der Waals surface area contributed by atoms with Crippen LogP contribution in [0.3, 0.4) is 0 Å². The van der Waals surface area contributed by atoms with Gasteiger partial charge in [0, 0.05) is 21.9 Å². The van der Waals surface area contributed by atoms with Gasteiger partial charge >= 0.3 is 0 Å². The summed E-state index contributed by atoms with van der Waals surface area (Å²) < 4.78 is 1.35. The van der Waals surface area contributed by atoms with Gasteiger partial charge in [-0.3, -0.25) is 4.79 Å². The fraction of sp³-hybridized carbons (Fsp3) is 0. The van der Waals surface area contributed by atoms with Crippen LogP contribution in [-0.4, -0.2) is 10.9 Å². The normalized spacial score (nSPS) is 10.1. The van der Waals surface area contributed by atoms with Crippen LogP contribution in [0.5, 0.6) is 0 Å². The van der Waals surface area contributed by atoms with Gasteiger partial charge < -0.3 is 11.1 Å².